The molecule has 0 radical (unpaired) electrons. The minimum Gasteiger partial charge on any atom is -0.457 e. The van der Waals surface area contributed by atoms with Crippen LogP contribution in [0.1, 0.15) is 67.0 Å². The molecule has 1 saturated heterocycles. The van der Waals surface area contributed by atoms with Gasteiger partial charge in [-0.15, -0.1) is 0 Å². The molecule has 1 aromatic heterocycles. The molecule has 7 nitrogen and oxygen atoms in total. The second-order valence-electron chi connectivity index (χ2n) is 10.9. The van der Waals surface area contributed by atoms with Crippen LogP contribution in [0.2, 0.25) is 0 Å². The maximum atomic E-state index is 14.1. The van der Waals surface area contributed by atoms with Gasteiger partial charge in [0.1, 0.15) is 18.3 Å². The smallest absolute Gasteiger partial charge is 0.417 e. The van der Waals surface area contributed by atoms with E-state index in [1.807, 2.05) is 69.3 Å². The third-order valence-electron chi connectivity index (χ3n) is 7.50. The molecular formula is C33H39NO6. The molecule has 0 unspecified atom stereocenters. The van der Waals surface area contributed by atoms with E-state index in [0.717, 1.165) is 52.8 Å². The number of Topliss-reactive ketones (excluding diaryl/α,β-unsaturated/α-hetero) is 1. The third kappa shape index (κ3) is 6.89. The number of cyclic esters (lactones) is 1. The fourth-order valence-corrected chi connectivity index (χ4v) is 5.21. The van der Waals surface area contributed by atoms with Gasteiger partial charge >= 0.3 is 6.09 Å². The number of ketones is 1. The summed E-state index contributed by atoms with van der Waals surface area (Å²) in [5.74, 6) is -1.35. The van der Waals surface area contributed by atoms with Gasteiger partial charge in [-0.25, -0.2) is 9.69 Å². The number of hydrogen-bond acceptors (Lipinski definition) is 6. The lowest BCUT2D eigenvalue weighted by molar-refractivity contribution is -0.132. The van der Waals surface area contributed by atoms with Crippen molar-refractivity contribution in [2.45, 2.75) is 65.3 Å². The highest BCUT2D eigenvalue weighted by atomic mass is 16.6. The molecule has 2 atom stereocenters. The largest absolute Gasteiger partial charge is 0.457 e. The molecule has 1 fully saturated rings. The van der Waals surface area contributed by atoms with E-state index in [1.54, 1.807) is 6.07 Å². The van der Waals surface area contributed by atoms with Crippen LogP contribution >= 0.6 is 0 Å². The van der Waals surface area contributed by atoms with Crippen LogP contribution in [-0.2, 0) is 22.4 Å². The monoisotopic (exact) mass is 545 g/mol. The molecule has 2 aromatic carbocycles. The summed E-state index contributed by atoms with van der Waals surface area (Å²) in [6, 6.07) is 18.7. The van der Waals surface area contributed by atoms with Crippen molar-refractivity contribution in [3.05, 3.63) is 83.3 Å². The molecule has 0 saturated carbocycles. The van der Waals surface area contributed by atoms with Gasteiger partial charge in [-0.2, -0.15) is 0 Å². The number of benzene rings is 2. The maximum Gasteiger partial charge on any atom is 0.417 e. The standard InChI is InChI=1S/C33H39NO6/c1-22(2)28-21-39-33(38)34(28)32(37)27(19-24-13-7-6-8-14-24)31(36)30-20-26(25-15-11-12-23(3)18-25)29(40-30)16-9-4-5-10-17-35/h6-8,11-15,18,20,22,27-28,35H,4-5,9-10,16-17,19,21H2,1-3H3/t27-,28+/m0/s1. The number of carbonyl (C=O) groups is 3. The Balaban J connectivity index is 1.69. The zero-order valence-corrected chi connectivity index (χ0v) is 23.6. The van der Waals surface area contributed by atoms with Crippen molar-refractivity contribution in [2.24, 2.45) is 11.8 Å². The van der Waals surface area contributed by atoms with Crippen molar-refractivity contribution in [2.75, 3.05) is 13.2 Å². The Morgan fingerprint density at radius 1 is 1.00 bits per heavy atom. The van der Waals surface area contributed by atoms with Gasteiger partial charge in [-0.1, -0.05) is 86.8 Å². The van der Waals surface area contributed by atoms with Crippen molar-refractivity contribution in [3.63, 3.8) is 0 Å². The summed E-state index contributed by atoms with van der Waals surface area (Å²) in [6.45, 7) is 6.15. The minimum absolute atomic E-state index is 0.0168. The lowest BCUT2D eigenvalue weighted by atomic mass is 9.91. The number of aliphatic hydroxyl groups is 1. The van der Waals surface area contributed by atoms with Crippen LogP contribution in [0.5, 0.6) is 0 Å². The van der Waals surface area contributed by atoms with Gasteiger partial charge in [0.2, 0.25) is 11.7 Å². The van der Waals surface area contributed by atoms with Crippen LogP contribution in [0.4, 0.5) is 4.79 Å². The molecule has 0 bridgehead atoms. The SMILES string of the molecule is Cc1cccc(-c2cc(C(=O)[C@H](Cc3ccccc3)C(=O)N3C(=O)OC[C@@H]3C(C)C)oc2CCCCCCO)c1. The average Bonchev–Trinajstić information content (AvgIpc) is 3.55. The van der Waals surface area contributed by atoms with Crippen molar-refractivity contribution >= 4 is 17.8 Å². The van der Waals surface area contributed by atoms with Crippen LogP contribution < -0.4 is 0 Å². The number of ether oxygens (including phenoxy) is 1. The van der Waals surface area contributed by atoms with Gasteiger partial charge in [-0.05, 0) is 49.3 Å². The van der Waals surface area contributed by atoms with E-state index in [1.165, 1.54) is 0 Å². The number of amides is 2. The summed E-state index contributed by atoms with van der Waals surface area (Å²) in [7, 11) is 0. The van der Waals surface area contributed by atoms with E-state index in [2.05, 4.69) is 6.07 Å². The van der Waals surface area contributed by atoms with E-state index < -0.39 is 29.7 Å². The van der Waals surface area contributed by atoms with Crippen molar-refractivity contribution in [1.82, 2.24) is 4.90 Å². The van der Waals surface area contributed by atoms with Gasteiger partial charge in [0.15, 0.2) is 5.76 Å². The molecule has 3 aromatic rings. The highest BCUT2D eigenvalue weighted by Crippen LogP contribution is 2.32. The first-order chi connectivity index (χ1) is 19.3. The number of unbranched alkanes of at least 4 members (excludes halogenated alkanes) is 3. The predicted molar refractivity (Wildman–Crippen MR) is 153 cm³/mol. The first-order valence-corrected chi connectivity index (χ1v) is 14.2. The lowest BCUT2D eigenvalue weighted by Crippen LogP contribution is -2.47. The molecule has 212 valence electrons. The quantitative estimate of drug-likeness (QED) is 0.152. The Morgan fingerprint density at radius 2 is 1.75 bits per heavy atom. The number of furan rings is 1. The van der Waals surface area contributed by atoms with Crippen LogP contribution in [-0.4, -0.2) is 47.0 Å². The molecule has 0 aliphatic carbocycles. The lowest BCUT2D eigenvalue weighted by Gasteiger charge is -2.26. The number of imide groups is 1. The number of hydrogen-bond donors (Lipinski definition) is 1. The molecular weight excluding hydrogens is 506 g/mol. The molecule has 1 aliphatic rings. The molecule has 0 spiro atoms. The molecule has 4 rings (SSSR count). The minimum atomic E-state index is -1.14. The summed E-state index contributed by atoms with van der Waals surface area (Å²) in [6.07, 6.45) is 3.52. The van der Waals surface area contributed by atoms with Gasteiger partial charge in [0, 0.05) is 18.6 Å². The summed E-state index contributed by atoms with van der Waals surface area (Å²) < 4.78 is 11.5. The maximum absolute atomic E-state index is 14.1. The van der Waals surface area contributed by atoms with Gasteiger partial charge in [0.25, 0.3) is 0 Å². The van der Waals surface area contributed by atoms with E-state index in [-0.39, 0.29) is 31.3 Å². The third-order valence-corrected chi connectivity index (χ3v) is 7.50. The van der Waals surface area contributed by atoms with E-state index in [4.69, 9.17) is 14.3 Å². The van der Waals surface area contributed by atoms with Crippen molar-refractivity contribution in [1.29, 1.82) is 0 Å². The van der Waals surface area contributed by atoms with E-state index in [0.29, 0.717) is 12.2 Å². The van der Waals surface area contributed by atoms with Crippen LogP contribution in [0.15, 0.2) is 65.1 Å². The highest BCUT2D eigenvalue weighted by Gasteiger charge is 2.44. The molecule has 7 heteroatoms. The summed E-state index contributed by atoms with van der Waals surface area (Å²) in [5.41, 5.74) is 3.69. The first-order valence-electron chi connectivity index (χ1n) is 14.2. The second kappa shape index (κ2) is 13.6. The van der Waals surface area contributed by atoms with Crippen molar-refractivity contribution < 1.29 is 28.6 Å². The van der Waals surface area contributed by atoms with Crippen molar-refractivity contribution in [3.8, 4) is 11.1 Å². The Hall–Kier alpha value is -3.71. The molecule has 1 N–H and O–H groups in total. The number of carbonyl (C=O) groups excluding carboxylic acids is 3. The van der Waals surface area contributed by atoms with Gasteiger partial charge in [0.05, 0.1) is 6.04 Å². The van der Waals surface area contributed by atoms with Crippen LogP contribution in [0.3, 0.4) is 0 Å². The molecule has 2 amide bonds. The molecule has 40 heavy (non-hydrogen) atoms. The second-order valence-corrected chi connectivity index (χ2v) is 10.9. The van der Waals surface area contributed by atoms with Gasteiger partial charge < -0.3 is 14.3 Å². The fraction of sp³-hybridized carbons (Fsp3) is 0.424. The summed E-state index contributed by atoms with van der Waals surface area (Å²) in [4.78, 5) is 41.8. The normalized spacial score (nSPS) is 15.9. The summed E-state index contributed by atoms with van der Waals surface area (Å²) in [5, 5.41) is 9.09. The van der Waals surface area contributed by atoms with Crippen LogP contribution in [0.25, 0.3) is 11.1 Å². The Morgan fingerprint density at radius 3 is 2.45 bits per heavy atom. The predicted octanol–water partition coefficient (Wildman–Crippen LogP) is 6.40. The molecule has 2 heterocycles. The fourth-order valence-electron chi connectivity index (χ4n) is 5.21. The first kappa shape index (κ1) is 29.3. The number of aryl methyl sites for hydroxylation is 2. The Bertz CT molecular complexity index is 1310. The zero-order chi connectivity index (χ0) is 28.6. The Labute approximate surface area is 236 Å². The number of rotatable bonds is 13. The number of nitrogens with zero attached hydrogens (tertiary/aromatic N) is 1. The molecule has 1 aliphatic heterocycles. The van der Waals surface area contributed by atoms with Crippen LogP contribution in [0, 0.1) is 18.8 Å². The zero-order valence-electron chi connectivity index (χ0n) is 23.6. The topological polar surface area (TPSA) is 97.1 Å². The highest BCUT2D eigenvalue weighted by molar-refractivity contribution is 6.12. The van der Waals surface area contributed by atoms with E-state index >= 15 is 0 Å². The summed E-state index contributed by atoms with van der Waals surface area (Å²) >= 11 is 0. The average molecular weight is 546 g/mol. The van der Waals surface area contributed by atoms with Gasteiger partial charge in [-0.3, -0.25) is 9.59 Å². The number of aliphatic hydroxyl groups excluding tert-OH is 1. The Kier molecular flexibility index (Phi) is 9.93. The van der Waals surface area contributed by atoms with E-state index in [9.17, 15) is 14.4 Å².